The van der Waals surface area contributed by atoms with Crippen molar-refractivity contribution >= 4 is 6.08 Å². The molecule has 2 aromatic carbocycles. The quantitative estimate of drug-likeness (QED) is 0.286. The summed E-state index contributed by atoms with van der Waals surface area (Å²) in [6.07, 6.45) is 12.7. The Morgan fingerprint density at radius 1 is 1.00 bits per heavy atom. The average Bonchev–Trinajstić information content (AvgIpc) is 2.82. The lowest BCUT2D eigenvalue weighted by molar-refractivity contribution is 0.0566. The summed E-state index contributed by atoms with van der Waals surface area (Å²) in [6.45, 7) is 5.18. The van der Waals surface area contributed by atoms with Gasteiger partial charge in [0.25, 0.3) is 0 Å². The lowest BCUT2D eigenvalue weighted by atomic mass is 10.0. The van der Waals surface area contributed by atoms with Gasteiger partial charge in [0.05, 0.1) is 11.8 Å². The molecule has 0 radical (unpaired) electrons. The average molecular weight is 448 g/mol. The monoisotopic (exact) mass is 447 g/mol. The largest absolute Gasteiger partial charge is 0.508 e. The maximum absolute atomic E-state index is 14.7. The molecule has 174 valence electrons. The number of benzene rings is 2. The smallest absolute Gasteiger partial charge is 0.133 e. The normalized spacial score (nSPS) is 12.3. The molecular formula is C29H34FNO2. The van der Waals surface area contributed by atoms with E-state index in [9.17, 15) is 9.50 Å². The standard InChI is InChI=1S/C29H34FNO2/c1-3-4-8-19-33-22(2)9-6-5-7-10-23-11-17-27(28(30)20-23)29-18-14-25(21-31-29)24-12-15-26(32)16-13-24/h7,10-18,20-22,32H,3-6,8-9,19H2,1-2H3/b10-7+. The Labute approximate surface area is 197 Å². The third kappa shape index (κ3) is 7.83. The molecule has 0 aliphatic carbocycles. The molecule has 1 heterocycles. The number of aromatic nitrogens is 1. The summed E-state index contributed by atoms with van der Waals surface area (Å²) in [5.74, 6) is -0.0583. The van der Waals surface area contributed by atoms with Crippen molar-refractivity contribution in [1.29, 1.82) is 0 Å². The van der Waals surface area contributed by atoms with Crippen molar-refractivity contribution in [1.82, 2.24) is 4.98 Å². The number of hydrogen-bond donors (Lipinski definition) is 1. The first-order chi connectivity index (χ1) is 16.1. The van der Waals surface area contributed by atoms with Crippen LogP contribution in [0, 0.1) is 5.82 Å². The lowest BCUT2D eigenvalue weighted by Gasteiger charge is -2.12. The Morgan fingerprint density at radius 2 is 1.79 bits per heavy atom. The molecule has 3 aromatic rings. The second-order valence-electron chi connectivity index (χ2n) is 8.44. The number of ether oxygens (including phenoxy) is 1. The Morgan fingerprint density at radius 3 is 2.48 bits per heavy atom. The van der Waals surface area contributed by atoms with Crippen LogP contribution >= 0.6 is 0 Å². The van der Waals surface area contributed by atoms with Crippen LogP contribution in [-0.2, 0) is 4.74 Å². The Balaban J connectivity index is 1.51. The van der Waals surface area contributed by atoms with Crippen molar-refractivity contribution in [3.05, 3.63) is 78.3 Å². The van der Waals surface area contributed by atoms with Gasteiger partial charge in [0, 0.05) is 23.9 Å². The third-order valence-corrected chi connectivity index (χ3v) is 5.68. The molecular weight excluding hydrogens is 413 g/mol. The van der Waals surface area contributed by atoms with Crippen LogP contribution in [0.5, 0.6) is 5.75 Å². The molecule has 3 nitrogen and oxygen atoms in total. The molecule has 1 unspecified atom stereocenters. The van der Waals surface area contributed by atoms with Crippen molar-refractivity contribution in [2.24, 2.45) is 0 Å². The number of aromatic hydroxyl groups is 1. The van der Waals surface area contributed by atoms with Gasteiger partial charge < -0.3 is 9.84 Å². The van der Waals surface area contributed by atoms with E-state index >= 15 is 0 Å². The molecule has 4 heteroatoms. The molecule has 0 spiro atoms. The molecule has 0 aliphatic rings. The molecule has 0 saturated heterocycles. The summed E-state index contributed by atoms with van der Waals surface area (Å²) in [5, 5.41) is 9.43. The minimum Gasteiger partial charge on any atom is -0.508 e. The highest BCUT2D eigenvalue weighted by atomic mass is 19.1. The van der Waals surface area contributed by atoms with E-state index in [1.807, 2.05) is 36.4 Å². The van der Waals surface area contributed by atoms with E-state index in [0.717, 1.165) is 49.0 Å². The summed E-state index contributed by atoms with van der Waals surface area (Å²) >= 11 is 0. The number of unbranched alkanes of at least 4 members (excludes halogenated alkanes) is 3. The van der Waals surface area contributed by atoms with E-state index < -0.39 is 0 Å². The molecule has 0 saturated carbocycles. The highest BCUT2D eigenvalue weighted by molar-refractivity contribution is 5.68. The van der Waals surface area contributed by atoms with Crippen LogP contribution in [0.25, 0.3) is 28.5 Å². The number of phenolic OH excluding ortho intramolecular Hbond substituents is 1. The van der Waals surface area contributed by atoms with Gasteiger partial charge >= 0.3 is 0 Å². The molecule has 0 aliphatic heterocycles. The number of rotatable bonds is 12. The van der Waals surface area contributed by atoms with Crippen molar-refractivity contribution in [2.75, 3.05) is 6.61 Å². The van der Waals surface area contributed by atoms with E-state index in [-0.39, 0.29) is 11.6 Å². The van der Waals surface area contributed by atoms with Crippen molar-refractivity contribution < 1.29 is 14.2 Å². The predicted molar refractivity (Wildman–Crippen MR) is 135 cm³/mol. The SMILES string of the molecule is CCCCCOC(C)CCC/C=C/c1ccc(-c2ccc(-c3ccc(O)cc3)cn2)c(F)c1. The maximum Gasteiger partial charge on any atom is 0.133 e. The van der Waals surface area contributed by atoms with Gasteiger partial charge in [-0.1, -0.05) is 56.2 Å². The van der Waals surface area contributed by atoms with E-state index in [2.05, 4.69) is 24.9 Å². The highest BCUT2D eigenvalue weighted by Gasteiger charge is 2.08. The van der Waals surface area contributed by atoms with Crippen molar-refractivity contribution in [2.45, 2.75) is 58.5 Å². The Kier molecular flexibility index (Phi) is 9.64. The van der Waals surface area contributed by atoms with E-state index in [1.54, 1.807) is 30.5 Å². The van der Waals surface area contributed by atoms with Gasteiger partial charge in [-0.05, 0) is 74.1 Å². The fraction of sp³-hybridized carbons (Fsp3) is 0.345. The third-order valence-electron chi connectivity index (χ3n) is 5.68. The number of hydrogen-bond acceptors (Lipinski definition) is 3. The van der Waals surface area contributed by atoms with Crippen LogP contribution in [0.4, 0.5) is 4.39 Å². The van der Waals surface area contributed by atoms with Crippen molar-refractivity contribution in [3.63, 3.8) is 0 Å². The summed E-state index contributed by atoms with van der Waals surface area (Å²) in [6, 6.07) is 15.9. The fourth-order valence-corrected chi connectivity index (χ4v) is 3.68. The Hall–Kier alpha value is -2.98. The first kappa shape index (κ1) is 24.7. The minimum absolute atomic E-state index is 0.223. The topological polar surface area (TPSA) is 42.4 Å². The second kappa shape index (κ2) is 12.9. The van der Waals surface area contributed by atoms with Crippen LogP contribution in [0.1, 0.15) is 57.9 Å². The highest BCUT2D eigenvalue weighted by Crippen LogP contribution is 2.26. The van der Waals surface area contributed by atoms with Crippen LogP contribution in [0.15, 0.2) is 66.9 Å². The summed E-state index contributed by atoms with van der Waals surface area (Å²) < 4.78 is 20.6. The Bertz CT molecular complexity index is 1010. The molecule has 0 fully saturated rings. The summed E-state index contributed by atoms with van der Waals surface area (Å²) in [7, 11) is 0. The number of halogens is 1. The van der Waals surface area contributed by atoms with Crippen LogP contribution in [-0.4, -0.2) is 22.8 Å². The molecule has 33 heavy (non-hydrogen) atoms. The number of nitrogens with zero attached hydrogens (tertiary/aromatic N) is 1. The zero-order valence-electron chi connectivity index (χ0n) is 19.6. The van der Waals surface area contributed by atoms with Gasteiger partial charge in [0.15, 0.2) is 0 Å². The van der Waals surface area contributed by atoms with Crippen LogP contribution < -0.4 is 0 Å². The summed E-state index contributed by atoms with van der Waals surface area (Å²) in [4.78, 5) is 4.44. The van der Waals surface area contributed by atoms with E-state index in [0.29, 0.717) is 17.4 Å². The van der Waals surface area contributed by atoms with Gasteiger partial charge in [0.2, 0.25) is 0 Å². The maximum atomic E-state index is 14.7. The van der Waals surface area contributed by atoms with Crippen LogP contribution in [0.3, 0.4) is 0 Å². The van der Waals surface area contributed by atoms with Gasteiger partial charge in [-0.15, -0.1) is 0 Å². The van der Waals surface area contributed by atoms with E-state index in [1.165, 1.54) is 12.8 Å². The summed E-state index contributed by atoms with van der Waals surface area (Å²) in [5.41, 5.74) is 3.79. The van der Waals surface area contributed by atoms with Gasteiger partial charge in [-0.3, -0.25) is 4.98 Å². The molecule has 1 atom stereocenters. The minimum atomic E-state index is -0.281. The second-order valence-corrected chi connectivity index (χ2v) is 8.44. The van der Waals surface area contributed by atoms with Gasteiger partial charge in [-0.25, -0.2) is 4.39 Å². The fourth-order valence-electron chi connectivity index (χ4n) is 3.68. The zero-order chi connectivity index (χ0) is 23.5. The van der Waals surface area contributed by atoms with Crippen LogP contribution in [0.2, 0.25) is 0 Å². The molecule has 1 aromatic heterocycles. The number of phenols is 1. The van der Waals surface area contributed by atoms with Crippen molar-refractivity contribution in [3.8, 4) is 28.1 Å². The van der Waals surface area contributed by atoms with E-state index in [4.69, 9.17) is 4.74 Å². The lowest BCUT2D eigenvalue weighted by Crippen LogP contribution is -2.08. The molecule has 0 bridgehead atoms. The van der Waals surface area contributed by atoms with Gasteiger partial charge in [0.1, 0.15) is 11.6 Å². The zero-order valence-corrected chi connectivity index (χ0v) is 19.6. The van der Waals surface area contributed by atoms with Gasteiger partial charge in [-0.2, -0.15) is 0 Å². The number of allylic oxidation sites excluding steroid dienone is 1. The predicted octanol–water partition coefficient (Wildman–Crippen LogP) is 8.04. The first-order valence-electron chi connectivity index (χ1n) is 11.9. The number of pyridine rings is 1. The molecule has 1 N–H and O–H groups in total. The first-order valence-corrected chi connectivity index (χ1v) is 11.9. The molecule has 3 rings (SSSR count). The molecule has 0 amide bonds.